The summed E-state index contributed by atoms with van der Waals surface area (Å²) in [6, 6.07) is 4.38. The summed E-state index contributed by atoms with van der Waals surface area (Å²) in [5, 5.41) is 18.2. The SMILES string of the molecule is CC(C(=O)O)N(C)Cc1cc(O)ccc1Br. The van der Waals surface area contributed by atoms with Crippen LogP contribution in [-0.2, 0) is 11.3 Å². The first-order chi connectivity index (χ1) is 7.41. The van der Waals surface area contributed by atoms with Crippen LogP contribution in [-0.4, -0.2) is 34.2 Å². The highest BCUT2D eigenvalue weighted by atomic mass is 79.9. The van der Waals surface area contributed by atoms with Crippen molar-refractivity contribution >= 4 is 21.9 Å². The zero-order valence-corrected chi connectivity index (χ0v) is 10.7. The van der Waals surface area contributed by atoms with Crippen LogP contribution in [0.25, 0.3) is 0 Å². The molecule has 1 aromatic carbocycles. The Morgan fingerprint density at radius 2 is 2.19 bits per heavy atom. The average Bonchev–Trinajstić information content (AvgIpc) is 2.22. The minimum absolute atomic E-state index is 0.176. The lowest BCUT2D eigenvalue weighted by Gasteiger charge is -2.21. The Kier molecular flexibility index (Phi) is 4.32. The number of rotatable bonds is 4. The van der Waals surface area contributed by atoms with Gasteiger partial charge in [0.15, 0.2) is 0 Å². The minimum Gasteiger partial charge on any atom is -0.508 e. The van der Waals surface area contributed by atoms with Crippen molar-refractivity contribution in [3.63, 3.8) is 0 Å². The van der Waals surface area contributed by atoms with Crippen LogP contribution in [0.1, 0.15) is 12.5 Å². The third kappa shape index (κ3) is 3.21. The van der Waals surface area contributed by atoms with E-state index in [1.54, 1.807) is 37.1 Å². The van der Waals surface area contributed by atoms with Crippen molar-refractivity contribution in [3.05, 3.63) is 28.2 Å². The number of carbonyl (C=O) groups is 1. The molecule has 0 radical (unpaired) electrons. The van der Waals surface area contributed by atoms with Crippen molar-refractivity contribution in [3.8, 4) is 5.75 Å². The number of phenols is 1. The van der Waals surface area contributed by atoms with Crippen LogP contribution < -0.4 is 0 Å². The van der Waals surface area contributed by atoms with E-state index in [9.17, 15) is 9.90 Å². The second-order valence-corrected chi connectivity index (χ2v) is 4.56. The van der Waals surface area contributed by atoms with Crippen molar-refractivity contribution in [2.45, 2.75) is 19.5 Å². The third-order valence-corrected chi connectivity index (χ3v) is 3.24. The van der Waals surface area contributed by atoms with Gasteiger partial charge in [-0.3, -0.25) is 9.69 Å². The molecule has 0 amide bonds. The number of carboxylic acid groups (broad SMARTS) is 1. The van der Waals surface area contributed by atoms with Crippen LogP contribution in [0.2, 0.25) is 0 Å². The Balaban J connectivity index is 2.80. The Labute approximate surface area is 103 Å². The first-order valence-corrected chi connectivity index (χ1v) is 5.61. The Morgan fingerprint density at radius 1 is 1.56 bits per heavy atom. The van der Waals surface area contributed by atoms with Gasteiger partial charge in [0, 0.05) is 11.0 Å². The Morgan fingerprint density at radius 3 is 2.75 bits per heavy atom. The molecule has 5 heteroatoms. The Bertz CT molecular complexity index is 395. The van der Waals surface area contributed by atoms with Gasteiger partial charge in [-0.15, -0.1) is 0 Å². The molecule has 88 valence electrons. The topological polar surface area (TPSA) is 60.8 Å². The van der Waals surface area contributed by atoms with Crippen LogP contribution in [0.3, 0.4) is 0 Å². The lowest BCUT2D eigenvalue weighted by atomic mass is 10.2. The molecule has 0 fully saturated rings. The molecule has 4 nitrogen and oxygen atoms in total. The third-order valence-electron chi connectivity index (χ3n) is 2.47. The summed E-state index contributed by atoms with van der Waals surface area (Å²) in [5.74, 6) is -0.687. The zero-order chi connectivity index (χ0) is 12.3. The van der Waals surface area contributed by atoms with E-state index in [0.29, 0.717) is 6.54 Å². The second kappa shape index (κ2) is 5.32. The standard InChI is InChI=1S/C11H14BrNO3/c1-7(11(15)16)13(2)6-8-5-9(14)3-4-10(8)12/h3-5,7,14H,6H2,1-2H3,(H,15,16). The predicted molar refractivity (Wildman–Crippen MR) is 64.4 cm³/mol. The lowest BCUT2D eigenvalue weighted by molar-refractivity contribution is -0.142. The van der Waals surface area contributed by atoms with E-state index in [2.05, 4.69) is 15.9 Å². The number of carboxylic acids is 1. The van der Waals surface area contributed by atoms with Crippen molar-refractivity contribution in [1.29, 1.82) is 0 Å². The molecule has 0 spiro atoms. The summed E-state index contributed by atoms with van der Waals surface area (Å²) in [6.45, 7) is 2.08. The quantitative estimate of drug-likeness (QED) is 0.890. The zero-order valence-electron chi connectivity index (χ0n) is 9.14. The molecule has 2 N–H and O–H groups in total. The molecular formula is C11H14BrNO3. The molecule has 0 aliphatic heterocycles. The monoisotopic (exact) mass is 287 g/mol. The maximum absolute atomic E-state index is 10.8. The van der Waals surface area contributed by atoms with E-state index in [1.807, 2.05) is 0 Å². The number of phenolic OH excluding ortho intramolecular Hbond substituents is 1. The summed E-state index contributed by atoms with van der Waals surface area (Å²) in [4.78, 5) is 12.5. The number of likely N-dealkylation sites (N-methyl/N-ethyl adjacent to an activating group) is 1. The van der Waals surface area contributed by atoms with Gasteiger partial charge in [-0.25, -0.2) is 0 Å². The van der Waals surface area contributed by atoms with Gasteiger partial charge >= 0.3 is 5.97 Å². The van der Waals surface area contributed by atoms with Gasteiger partial charge in [0.05, 0.1) is 0 Å². The van der Waals surface area contributed by atoms with E-state index in [0.717, 1.165) is 10.0 Å². The van der Waals surface area contributed by atoms with Gasteiger partial charge in [-0.1, -0.05) is 15.9 Å². The molecule has 16 heavy (non-hydrogen) atoms. The summed E-state index contributed by atoms with van der Waals surface area (Å²) < 4.78 is 0.856. The number of aromatic hydroxyl groups is 1. The van der Waals surface area contributed by atoms with Gasteiger partial charge in [0.1, 0.15) is 11.8 Å². The molecule has 0 aromatic heterocycles. The van der Waals surface area contributed by atoms with Crippen molar-refractivity contribution < 1.29 is 15.0 Å². The van der Waals surface area contributed by atoms with Crippen molar-refractivity contribution in [2.75, 3.05) is 7.05 Å². The number of benzene rings is 1. The lowest BCUT2D eigenvalue weighted by Crippen LogP contribution is -2.35. The molecule has 0 bridgehead atoms. The molecule has 0 aliphatic rings. The first-order valence-electron chi connectivity index (χ1n) is 4.82. The van der Waals surface area contributed by atoms with Gasteiger partial charge in [0.25, 0.3) is 0 Å². The molecule has 1 atom stereocenters. The molecule has 0 saturated carbocycles. The fourth-order valence-corrected chi connectivity index (χ4v) is 1.65. The first kappa shape index (κ1) is 13.0. The highest BCUT2D eigenvalue weighted by molar-refractivity contribution is 9.10. The van der Waals surface area contributed by atoms with Crippen LogP contribution in [0.15, 0.2) is 22.7 Å². The van der Waals surface area contributed by atoms with Crippen LogP contribution in [0.5, 0.6) is 5.75 Å². The summed E-state index contributed by atoms with van der Waals surface area (Å²) in [6.07, 6.45) is 0. The van der Waals surface area contributed by atoms with Crippen LogP contribution in [0.4, 0.5) is 0 Å². The average molecular weight is 288 g/mol. The fourth-order valence-electron chi connectivity index (χ4n) is 1.28. The number of aliphatic carboxylic acids is 1. The van der Waals surface area contributed by atoms with Gasteiger partial charge in [-0.05, 0) is 37.7 Å². The molecule has 0 heterocycles. The highest BCUT2D eigenvalue weighted by Crippen LogP contribution is 2.23. The fraction of sp³-hybridized carbons (Fsp3) is 0.364. The summed E-state index contributed by atoms with van der Waals surface area (Å²) in [7, 11) is 1.73. The van der Waals surface area contributed by atoms with Gasteiger partial charge in [0.2, 0.25) is 0 Å². The largest absolute Gasteiger partial charge is 0.508 e. The molecule has 0 aliphatic carbocycles. The molecule has 1 rings (SSSR count). The van der Waals surface area contributed by atoms with Crippen LogP contribution >= 0.6 is 15.9 Å². The molecule has 0 saturated heterocycles. The number of hydrogen-bond acceptors (Lipinski definition) is 3. The maximum atomic E-state index is 10.8. The minimum atomic E-state index is -0.862. The Hall–Kier alpha value is -1.07. The maximum Gasteiger partial charge on any atom is 0.320 e. The predicted octanol–water partition coefficient (Wildman–Crippen LogP) is 2.06. The van der Waals surface area contributed by atoms with E-state index in [4.69, 9.17) is 5.11 Å². The van der Waals surface area contributed by atoms with Gasteiger partial charge in [-0.2, -0.15) is 0 Å². The smallest absolute Gasteiger partial charge is 0.320 e. The van der Waals surface area contributed by atoms with E-state index < -0.39 is 12.0 Å². The van der Waals surface area contributed by atoms with E-state index >= 15 is 0 Å². The molecule has 1 unspecified atom stereocenters. The molecule has 1 aromatic rings. The van der Waals surface area contributed by atoms with Gasteiger partial charge < -0.3 is 10.2 Å². The van der Waals surface area contributed by atoms with E-state index in [1.165, 1.54) is 0 Å². The number of nitrogens with zero attached hydrogens (tertiary/aromatic N) is 1. The number of hydrogen-bond donors (Lipinski definition) is 2. The van der Waals surface area contributed by atoms with E-state index in [-0.39, 0.29) is 5.75 Å². The van der Waals surface area contributed by atoms with Crippen LogP contribution in [0, 0.1) is 0 Å². The highest BCUT2D eigenvalue weighted by Gasteiger charge is 2.17. The van der Waals surface area contributed by atoms with Crippen molar-refractivity contribution in [1.82, 2.24) is 4.90 Å². The summed E-state index contributed by atoms with van der Waals surface area (Å²) >= 11 is 3.36. The van der Waals surface area contributed by atoms with Crippen molar-refractivity contribution in [2.24, 2.45) is 0 Å². The summed E-state index contributed by atoms with van der Waals surface area (Å²) in [5.41, 5.74) is 0.857. The normalized spacial score (nSPS) is 12.8. The molecular weight excluding hydrogens is 274 g/mol. The number of halogens is 1. The second-order valence-electron chi connectivity index (χ2n) is 3.71.